The van der Waals surface area contributed by atoms with E-state index in [0.717, 1.165) is 6.08 Å². The molecule has 9 atom stereocenters. The fourth-order valence-corrected chi connectivity index (χ4v) is 7.00. The number of carboxylic acid groups (broad SMARTS) is 1. The topological polar surface area (TPSA) is 94.8 Å². The number of halogens is 2. The first kappa shape index (κ1) is 19.7. The van der Waals surface area contributed by atoms with E-state index >= 15 is 8.78 Å². The Morgan fingerprint density at radius 2 is 1.89 bits per heavy atom. The third-order valence-electron chi connectivity index (χ3n) is 8.54. The molecule has 4 aliphatic carbocycles. The standard InChI is InChI=1S/C21H26F2O5/c1-10-6-12-13-8-15(22)14-7-11(24)4-5-18(14,2)20(13,23)16(25)9-19(12,3)21(10,28)17(26)27/h4-5,7,10,12-13,15-16,25,28H,6,8-9H2,1-3H3,(H,26,27)/t10?,12?,13?,15-,16-,18-,19-,20-,21-/m0/s1. The minimum absolute atomic E-state index is 0.0287. The third-order valence-corrected chi connectivity index (χ3v) is 8.54. The molecule has 0 saturated heterocycles. The third kappa shape index (κ3) is 1.92. The Morgan fingerprint density at radius 1 is 1.25 bits per heavy atom. The number of carbonyl (C=O) groups excluding carboxylic acids is 1. The molecule has 0 amide bonds. The van der Waals surface area contributed by atoms with Gasteiger partial charge in [0.15, 0.2) is 17.1 Å². The summed E-state index contributed by atoms with van der Waals surface area (Å²) in [5, 5.41) is 31.8. The van der Waals surface area contributed by atoms with Gasteiger partial charge in [0.1, 0.15) is 6.17 Å². The van der Waals surface area contributed by atoms with Crippen LogP contribution in [0, 0.1) is 28.6 Å². The van der Waals surface area contributed by atoms with Gasteiger partial charge < -0.3 is 15.3 Å². The van der Waals surface area contributed by atoms with Crippen LogP contribution < -0.4 is 0 Å². The Balaban J connectivity index is 1.88. The Morgan fingerprint density at radius 3 is 2.50 bits per heavy atom. The molecule has 154 valence electrons. The van der Waals surface area contributed by atoms with Crippen LogP contribution in [-0.4, -0.2) is 50.6 Å². The molecule has 0 radical (unpaired) electrons. The van der Waals surface area contributed by atoms with Gasteiger partial charge in [-0.1, -0.05) is 19.9 Å². The van der Waals surface area contributed by atoms with Crippen LogP contribution in [0.3, 0.4) is 0 Å². The molecule has 0 spiro atoms. The van der Waals surface area contributed by atoms with Crippen molar-refractivity contribution in [3.8, 4) is 0 Å². The van der Waals surface area contributed by atoms with E-state index in [9.17, 15) is 24.9 Å². The Kier molecular flexibility index (Phi) is 3.88. The van der Waals surface area contributed by atoms with E-state index < -0.39 is 63.9 Å². The monoisotopic (exact) mass is 396 g/mol. The first-order valence-electron chi connectivity index (χ1n) is 9.76. The van der Waals surface area contributed by atoms with Crippen LogP contribution in [-0.2, 0) is 9.59 Å². The number of hydrogen-bond acceptors (Lipinski definition) is 4. The first-order chi connectivity index (χ1) is 12.8. The molecule has 4 rings (SSSR count). The van der Waals surface area contributed by atoms with Crippen LogP contribution >= 0.6 is 0 Å². The van der Waals surface area contributed by atoms with Crippen LogP contribution in [0.15, 0.2) is 23.8 Å². The van der Waals surface area contributed by atoms with Crippen LogP contribution in [0.1, 0.15) is 40.0 Å². The number of ketones is 1. The number of hydrogen-bond donors (Lipinski definition) is 3. The van der Waals surface area contributed by atoms with Gasteiger partial charge in [-0.05, 0) is 55.7 Å². The quantitative estimate of drug-likeness (QED) is 0.633. The average molecular weight is 396 g/mol. The predicted octanol–water partition coefficient (Wildman–Crippen LogP) is 2.37. The van der Waals surface area contributed by atoms with E-state index in [2.05, 4.69) is 0 Å². The second-order valence-electron chi connectivity index (χ2n) is 9.57. The predicted molar refractivity (Wildman–Crippen MR) is 95.8 cm³/mol. The molecule has 7 heteroatoms. The molecule has 0 bridgehead atoms. The van der Waals surface area contributed by atoms with Crippen molar-refractivity contribution in [3.05, 3.63) is 23.8 Å². The molecular weight excluding hydrogens is 370 g/mol. The summed E-state index contributed by atoms with van der Waals surface area (Å²) in [6, 6.07) is 0. The number of alkyl halides is 2. The summed E-state index contributed by atoms with van der Waals surface area (Å²) < 4.78 is 31.9. The van der Waals surface area contributed by atoms with Gasteiger partial charge in [-0.2, -0.15) is 0 Å². The van der Waals surface area contributed by atoms with Gasteiger partial charge >= 0.3 is 5.97 Å². The summed E-state index contributed by atoms with van der Waals surface area (Å²) in [6.07, 6.45) is 0.214. The summed E-state index contributed by atoms with van der Waals surface area (Å²) in [5.41, 5.74) is -7.14. The summed E-state index contributed by atoms with van der Waals surface area (Å²) in [5.74, 6) is -4.07. The number of fused-ring (bicyclic) bond motifs is 5. The van der Waals surface area contributed by atoms with Gasteiger partial charge in [0, 0.05) is 16.7 Å². The summed E-state index contributed by atoms with van der Waals surface area (Å²) in [7, 11) is 0. The lowest BCUT2D eigenvalue weighted by molar-refractivity contribution is -0.229. The minimum Gasteiger partial charge on any atom is -0.479 e. The molecule has 3 N–H and O–H groups in total. The van der Waals surface area contributed by atoms with Crippen molar-refractivity contribution < 1.29 is 33.7 Å². The van der Waals surface area contributed by atoms with Crippen molar-refractivity contribution in [2.45, 2.75) is 63.6 Å². The van der Waals surface area contributed by atoms with Crippen LogP contribution in [0.2, 0.25) is 0 Å². The van der Waals surface area contributed by atoms with Crippen LogP contribution in [0.25, 0.3) is 0 Å². The highest BCUT2D eigenvalue weighted by Gasteiger charge is 2.76. The number of rotatable bonds is 1. The number of allylic oxidation sites excluding steroid dienone is 4. The summed E-state index contributed by atoms with van der Waals surface area (Å²) in [4.78, 5) is 23.7. The normalized spacial score (nSPS) is 55.2. The van der Waals surface area contributed by atoms with Gasteiger partial charge in [-0.15, -0.1) is 0 Å². The maximum atomic E-state index is 16.8. The largest absolute Gasteiger partial charge is 0.479 e. The fraction of sp³-hybridized carbons (Fsp3) is 0.714. The maximum Gasteiger partial charge on any atom is 0.336 e. The van der Waals surface area contributed by atoms with Crippen LogP contribution in [0.4, 0.5) is 8.78 Å². The first-order valence-corrected chi connectivity index (χ1v) is 9.76. The lowest BCUT2D eigenvalue weighted by atomic mass is 9.44. The second kappa shape index (κ2) is 5.51. The van der Waals surface area contributed by atoms with Gasteiger partial charge in [-0.3, -0.25) is 4.79 Å². The average Bonchev–Trinajstić information content (AvgIpc) is 2.81. The van der Waals surface area contributed by atoms with Gasteiger partial charge in [0.25, 0.3) is 0 Å². The molecule has 0 aromatic heterocycles. The van der Waals surface area contributed by atoms with Crippen molar-refractivity contribution in [3.63, 3.8) is 0 Å². The van der Waals surface area contributed by atoms with Crippen molar-refractivity contribution in [1.29, 1.82) is 0 Å². The number of aliphatic carboxylic acids is 1. The summed E-state index contributed by atoms with van der Waals surface area (Å²) in [6.45, 7) is 4.67. The molecule has 3 saturated carbocycles. The van der Waals surface area contributed by atoms with E-state index in [-0.39, 0.29) is 24.8 Å². The molecule has 5 nitrogen and oxygen atoms in total. The summed E-state index contributed by atoms with van der Waals surface area (Å²) >= 11 is 0. The van der Waals surface area contributed by atoms with Gasteiger partial charge in [-0.25, -0.2) is 13.6 Å². The van der Waals surface area contributed by atoms with Crippen molar-refractivity contribution in [2.24, 2.45) is 28.6 Å². The lowest BCUT2D eigenvalue weighted by Crippen LogP contribution is -2.70. The maximum absolute atomic E-state index is 16.8. The van der Waals surface area contributed by atoms with E-state index in [1.165, 1.54) is 19.1 Å². The number of carboxylic acids is 1. The lowest BCUT2D eigenvalue weighted by Gasteiger charge is -2.62. The zero-order valence-corrected chi connectivity index (χ0v) is 16.2. The van der Waals surface area contributed by atoms with Crippen molar-refractivity contribution in [1.82, 2.24) is 0 Å². The highest BCUT2D eigenvalue weighted by Crippen LogP contribution is 2.70. The van der Waals surface area contributed by atoms with E-state index in [0.29, 0.717) is 0 Å². The fourth-order valence-electron chi connectivity index (χ4n) is 7.00. The number of carbonyl (C=O) groups is 2. The molecule has 4 aliphatic rings. The smallest absolute Gasteiger partial charge is 0.336 e. The Bertz CT molecular complexity index is 824. The number of aliphatic hydroxyl groups excluding tert-OH is 1. The molecule has 0 aromatic rings. The zero-order chi connectivity index (χ0) is 20.9. The SMILES string of the molecule is CC1CC2C3C[C@H](F)C4=CC(=O)C=C[C@]4(C)[C@@]3(F)[C@@H](O)C[C@]2(C)[C@@]1(O)C(=O)O. The minimum atomic E-state index is -2.26. The molecule has 28 heavy (non-hydrogen) atoms. The molecule has 0 aliphatic heterocycles. The molecule has 3 unspecified atom stereocenters. The van der Waals surface area contributed by atoms with Gasteiger partial charge in [0.05, 0.1) is 6.10 Å². The zero-order valence-electron chi connectivity index (χ0n) is 16.2. The van der Waals surface area contributed by atoms with Crippen molar-refractivity contribution >= 4 is 11.8 Å². The Labute approximate surface area is 162 Å². The molecule has 0 aromatic carbocycles. The molecule has 0 heterocycles. The Hall–Kier alpha value is -1.60. The highest BCUT2D eigenvalue weighted by molar-refractivity contribution is 6.01. The van der Waals surface area contributed by atoms with Crippen molar-refractivity contribution in [2.75, 3.05) is 0 Å². The molecular formula is C21H26F2O5. The van der Waals surface area contributed by atoms with E-state index in [4.69, 9.17) is 0 Å². The van der Waals surface area contributed by atoms with Crippen LogP contribution in [0.5, 0.6) is 0 Å². The van der Waals surface area contributed by atoms with E-state index in [1.807, 2.05) is 0 Å². The van der Waals surface area contributed by atoms with Gasteiger partial charge in [0.2, 0.25) is 0 Å². The second-order valence-corrected chi connectivity index (χ2v) is 9.57. The molecule has 3 fully saturated rings. The van der Waals surface area contributed by atoms with E-state index in [1.54, 1.807) is 13.8 Å². The number of aliphatic hydroxyl groups is 2. The highest BCUT2D eigenvalue weighted by atomic mass is 19.1.